The van der Waals surface area contributed by atoms with Crippen molar-refractivity contribution in [3.63, 3.8) is 0 Å². The van der Waals surface area contributed by atoms with Crippen LogP contribution in [0.4, 0.5) is 0 Å². The smallest absolute Gasteiger partial charge is 0.377 e. The number of esters is 1. The molecule has 1 saturated heterocycles. The van der Waals surface area contributed by atoms with E-state index in [4.69, 9.17) is 14.2 Å². The zero-order valence-corrected chi connectivity index (χ0v) is 21.5. The molecule has 3 saturated carbocycles. The third-order valence-electron chi connectivity index (χ3n) is 10.7. The minimum atomic E-state index is -1.28. The van der Waals surface area contributed by atoms with E-state index in [9.17, 15) is 14.4 Å². The fraction of sp³-hybridized carbons (Fsp3) is 0.633. The summed E-state index contributed by atoms with van der Waals surface area (Å²) in [6, 6.07) is 9.75. The van der Waals surface area contributed by atoms with Gasteiger partial charge in [-0.1, -0.05) is 49.8 Å². The average molecular weight is 493 g/mol. The molecule has 0 spiro atoms. The summed E-state index contributed by atoms with van der Waals surface area (Å²) in [6.07, 6.45) is 7.22. The van der Waals surface area contributed by atoms with Crippen molar-refractivity contribution in [3.8, 4) is 0 Å². The molecule has 6 nitrogen and oxygen atoms in total. The summed E-state index contributed by atoms with van der Waals surface area (Å²) in [5.74, 6) is -0.550. The van der Waals surface area contributed by atoms with Crippen LogP contribution < -0.4 is 0 Å². The van der Waals surface area contributed by atoms with Crippen molar-refractivity contribution in [2.24, 2.45) is 22.7 Å². The molecule has 0 N–H and O–H groups in total. The maximum absolute atomic E-state index is 13.9. The van der Waals surface area contributed by atoms with E-state index >= 15 is 0 Å². The van der Waals surface area contributed by atoms with Gasteiger partial charge in [0.25, 0.3) is 5.78 Å². The SMILES string of the molecule is CCOC(=O)C(=O)[C@@]12CC[C@@]3(OC(c4ccccc4)O1)[C@@H]1CCC4=CC(=O)CC[C@]4(C)[C@H]1CC[C@]23C. The summed E-state index contributed by atoms with van der Waals surface area (Å²) >= 11 is 0. The van der Waals surface area contributed by atoms with Crippen LogP contribution in [0.5, 0.6) is 0 Å². The van der Waals surface area contributed by atoms with Crippen LogP contribution in [0.2, 0.25) is 0 Å². The van der Waals surface area contributed by atoms with Crippen molar-refractivity contribution in [1.82, 2.24) is 0 Å². The Kier molecular flexibility index (Phi) is 5.41. The number of allylic oxidation sites excluding steroid dienone is 1. The molecule has 192 valence electrons. The third kappa shape index (κ3) is 2.94. The molecule has 1 aromatic carbocycles. The van der Waals surface area contributed by atoms with Crippen LogP contribution in [-0.2, 0) is 28.6 Å². The van der Waals surface area contributed by atoms with Crippen molar-refractivity contribution in [2.45, 2.75) is 89.6 Å². The minimum absolute atomic E-state index is 0.0345. The van der Waals surface area contributed by atoms with E-state index in [0.717, 1.165) is 37.7 Å². The van der Waals surface area contributed by atoms with Crippen LogP contribution in [-0.4, -0.2) is 35.3 Å². The van der Waals surface area contributed by atoms with Gasteiger partial charge < -0.3 is 14.2 Å². The molecule has 5 aliphatic rings. The molecule has 4 fully saturated rings. The molecule has 0 aromatic heterocycles. The number of Topliss-reactive ketones (excluding diaryl/α,β-unsaturated/α-hetero) is 1. The van der Waals surface area contributed by atoms with Crippen molar-refractivity contribution in [1.29, 1.82) is 0 Å². The maximum Gasteiger partial charge on any atom is 0.377 e. The Labute approximate surface area is 212 Å². The number of rotatable bonds is 4. The van der Waals surface area contributed by atoms with Gasteiger partial charge in [0.2, 0.25) is 0 Å². The average Bonchev–Trinajstić information content (AvgIpc) is 3.00. The number of hydrogen-bond acceptors (Lipinski definition) is 6. The van der Waals surface area contributed by atoms with E-state index in [2.05, 4.69) is 13.8 Å². The highest BCUT2D eigenvalue weighted by Gasteiger charge is 2.79. The number of ether oxygens (including phenoxy) is 3. The van der Waals surface area contributed by atoms with Gasteiger partial charge in [0, 0.05) is 17.4 Å². The Hall–Kier alpha value is -2.31. The number of carbonyl (C=O) groups is 3. The van der Waals surface area contributed by atoms with Crippen LogP contribution in [0.3, 0.4) is 0 Å². The van der Waals surface area contributed by atoms with E-state index in [0.29, 0.717) is 25.2 Å². The van der Waals surface area contributed by atoms with Gasteiger partial charge in [-0.15, -0.1) is 0 Å². The summed E-state index contributed by atoms with van der Waals surface area (Å²) in [7, 11) is 0. The molecule has 0 radical (unpaired) electrons. The van der Waals surface area contributed by atoms with Crippen LogP contribution >= 0.6 is 0 Å². The molecule has 36 heavy (non-hydrogen) atoms. The normalized spacial score (nSPS) is 43.0. The highest BCUT2D eigenvalue weighted by molar-refractivity contribution is 6.37. The molecule has 1 aromatic rings. The minimum Gasteiger partial charge on any atom is -0.460 e. The zero-order valence-electron chi connectivity index (χ0n) is 21.5. The summed E-state index contributed by atoms with van der Waals surface area (Å²) < 4.78 is 18.9. The van der Waals surface area contributed by atoms with Gasteiger partial charge in [0.15, 0.2) is 12.1 Å². The van der Waals surface area contributed by atoms with Crippen LogP contribution in [0.15, 0.2) is 42.0 Å². The zero-order chi connectivity index (χ0) is 25.3. The Morgan fingerprint density at radius 3 is 2.50 bits per heavy atom. The van der Waals surface area contributed by atoms with E-state index in [1.54, 1.807) is 6.92 Å². The van der Waals surface area contributed by atoms with Crippen LogP contribution in [0.1, 0.15) is 84.0 Å². The molecular weight excluding hydrogens is 456 g/mol. The lowest BCUT2D eigenvalue weighted by molar-refractivity contribution is -0.373. The lowest BCUT2D eigenvalue weighted by atomic mass is 9.44. The van der Waals surface area contributed by atoms with Gasteiger partial charge in [0.05, 0.1) is 12.2 Å². The third-order valence-corrected chi connectivity index (χ3v) is 10.7. The van der Waals surface area contributed by atoms with E-state index < -0.39 is 34.7 Å². The van der Waals surface area contributed by atoms with Gasteiger partial charge >= 0.3 is 5.97 Å². The fourth-order valence-corrected chi connectivity index (χ4v) is 8.89. The first kappa shape index (κ1) is 24.1. The lowest BCUT2D eigenvalue weighted by Gasteiger charge is -2.66. The summed E-state index contributed by atoms with van der Waals surface area (Å²) in [4.78, 5) is 39.1. The van der Waals surface area contributed by atoms with E-state index in [-0.39, 0.29) is 23.7 Å². The molecule has 4 aliphatic carbocycles. The second-order valence-corrected chi connectivity index (χ2v) is 11.9. The Balaban J connectivity index is 1.47. The molecule has 2 bridgehead atoms. The lowest BCUT2D eigenvalue weighted by Crippen LogP contribution is -2.71. The van der Waals surface area contributed by atoms with Gasteiger partial charge in [-0.3, -0.25) is 9.59 Å². The largest absolute Gasteiger partial charge is 0.460 e. The number of fused-ring (bicyclic) bond motifs is 3. The van der Waals surface area contributed by atoms with Gasteiger partial charge in [-0.2, -0.15) is 0 Å². The summed E-state index contributed by atoms with van der Waals surface area (Å²) in [6.45, 7) is 6.32. The predicted molar refractivity (Wildman–Crippen MR) is 132 cm³/mol. The van der Waals surface area contributed by atoms with Crippen molar-refractivity contribution >= 4 is 17.5 Å². The molecule has 1 unspecified atom stereocenters. The Morgan fingerprint density at radius 2 is 1.75 bits per heavy atom. The standard InChI is InChI=1S/C30H36O6/c1-4-34-25(33)24(32)30-17-16-29(35-26(36-30)19-8-6-5-7-9-19)23-11-10-20-18-21(31)12-14-27(20,2)22(23)13-15-28(29,30)3/h5-9,18,22-23,26H,4,10-17H2,1-3H3/t22-,23+,26?,27-,28-,29+,30+/m0/s1. The molecule has 7 atom stereocenters. The first-order valence-corrected chi connectivity index (χ1v) is 13.6. The first-order valence-electron chi connectivity index (χ1n) is 13.6. The van der Waals surface area contributed by atoms with Crippen molar-refractivity contribution in [3.05, 3.63) is 47.5 Å². The Bertz CT molecular complexity index is 1140. The van der Waals surface area contributed by atoms with Crippen molar-refractivity contribution in [2.75, 3.05) is 6.61 Å². The van der Waals surface area contributed by atoms with Gasteiger partial charge in [-0.05, 0) is 75.2 Å². The molecule has 0 amide bonds. The Morgan fingerprint density at radius 1 is 0.972 bits per heavy atom. The van der Waals surface area contributed by atoms with Crippen molar-refractivity contribution < 1.29 is 28.6 Å². The maximum atomic E-state index is 13.9. The predicted octanol–water partition coefficient (Wildman–Crippen LogP) is 5.26. The highest BCUT2D eigenvalue weighted by atomic mass is 16.7. The van der Waals surface area contributed by atoms with Crippen LogP contribution in [0.25, 0.3) is 0 Å². The first-order chi connectivity index (χ1) is 17.2. The summed E-state index contributed by atoms with van der Waals surface area (Å²) in [5.41, 5.74) is -0.394. The number of ketones is 2. The monoisotopic (exact) mass is 492 g/mol. The highest BCUT2D eigenvalue weighted by Crippen LogP contribution is 2.74. The topological polar surface area (TPSA) is 78.9 Å². The molecule has 1 heterocycles. The number of carbonyl (C=O) groups excluding carboxylic acids is 3. The molecule has 6 heteroatoms. The fourth-order valence-electron chi connectivity index (χ4n) is 8.89. The second kappa shape index (κ2) is 8.09. The van der Waals surface area contributed by atoms with Gasteiger partial charge in [0.1, 0.15) is 5.60 Å². The second-order valence-electron chi connectivity index (χ2n) is 11.9. The molecule has 1 aliphatic heterocycles. The van der Waals surface area contributed by atoms with Crippen LogP contribution in [0, 0.1) is 22.7 Å². The number of benzene rings is 1. The summed E-state index contributed by atoms with van der Waals surface area (Å²) in [5, 5.41) is 0. The number of hydrogen-bond donors (Lipinski definition) is 0. The van der Waals surface area contributed by atoms with E-state index in [1.807, 2.05) is 36.4 Å². The quantitative estimate of drug-likeness (QED) is 0.422. The molecule has 6 rings (SSSR count). The van der Waals surface area contributed by atoms with E-state index in [1.165, 1.54) is 5.57 Å². The van der Waals surface area contributed by atoms with Gasteiger partial charge in [-0.25, -0.2) is 4.79 Å². The molecular formula is C30H36O6.